The topological polar surface area (TPSA) is 75.1 Å². The highest BCUT2D eigenvalue weighted by atomic mass is 35.5. The van der Waals surface area contributed by atoms with Crippen molar-refractivity contribution in [2.75, 3.05) is 26.2 Å². The smallest absolute Gasteiger partial charge is 0.273 e. The van der Waals surface area contributed by atoms with Gasteiger partial charge in [-0.2, -0.15) is 0 Å². The van der Waals surface area contributed by atoms with Gasteiger partial charge < -0.3 is 10.6 Å². The van der Waals surface area contributed by atoms with E-state index in [0.29, 0.717) is 11.7 Å². The number of likely N-dealkylation sites (tertiary alicyclic amines) is 1. The first-order chi connectivity index (χ1) is 10.8. The summed E-state index contributed by atoms with van der Waals surface area (Å²) in [7, 11) is 0. The van der Waals surface area contributed by atoms with Crippen LogP contribution in [-0.4, -0.2) is 64.1 Å². The van der Waals surface area contributed by atoms with Crippen LogP contribution in [0, 0.1) is 0 Å². The molecule has 0 bridgehead atoms. The molecule has 136 valence electrons. The van der Waals surface area contributed by atoms with E-state index in [4.69, 9.17) is 0 Å². The van der Waals surface area contributed by atoms with Crippen LogP contribution in [0.2, 0.25) is 0 Å². The highest BCUT2D eigenvalue weighted by Crippen LogP contribution is 2.29. The van der Waals surface area contributed by atoms with Crippen LogP contribution in [0.15, 0.2) is 6.20 Å². The van der Waals surface area contributed by atoms with E-state index >= 15 is 0 Å². The van der Waals surface area contributed by atoms with Crippen molar-refractivity contribution in [3.8, 4) is 0 Å². The van der Waals surface area contributed by atoms with Gasteiger partial charge in [0.2, 0.25) is 0 Å². The van der Waals surface area contributed by atoms with Crippen molar-refractivity contribution in [3.63, 3.8) is 0 Å². The minimum atomic E-state index is -0.0807. The molecular weight excluding hydrogens is 351 g/mol. The number of nitrogens with zero attached hydrogens (tertiary/aromatic N) is 4. The minimum Gasteiger partial charge on any atom is -0.347 e. The fraction of sp³-hybridized carbons (Fsp3) is 0.800. The Morgan fingerprint density at radius 2 is 1.88 bits per heavy atom. The molecule has 0 radical (unpaired) electrons. The van der Waals surface area contributed by atoms with E-state index in [1.807, 2.05) is 4.68 Å². The Labute approximate surface area is 154 Å². The van der Waals surface area contributed by atoms with Crippen molar-refractivity contribution in [1.29, 1.82) is 0 Å². The molecule has 1 saturated carbocycles. The van der Waals surface area contributed by atoms with E-state index in [-0.39, 0.29) is 36.8 Å². The summed E-state index contributed by atoms with van der Waals surface area (Å²) >= 11 is 0. The summed E-state index contributed by atoms with van der Waals surface area (Å²) in [6.07, 6.45) is 7.59. The lowest BCUT2D eigenvalue weighted by Crippen LogP contribution is -2.37. The molecule has 7 nitrogen and oxygen atoms in total. The summed E-state index contributed by atoms with van der Waals surface area (Å²) in [4.78, 5) is 14.8. The molecule has 3 aliphatic rings. The quantitative estimate of drug-likeness (QED) is 0.819. The van der Waals surface area contributed by atoms with E-state index < -0.39 is 0 Å². The number of carbonyl (C=O) groups excluding carboxylic acids is 1. The maximum Gasteiger partial charge on any atom is 0.273 e. The first-order valence-electron chi connectivity index (χ1n) is 8.47. The molecule has 0 spiro atoms. The molecule has 1 atom stereocenters. The van der Waals surface area contributed by atoms with Gasteiger partial charge in [0, 0.05) is 25.2 Å². The van der Waals surface area contributed by atoms with Crippen LogP contribution in [0.4, 0.5) is 0 Å². The molecular formula is C15H26Cl2N6O. The molecule has 1 aromatic heterocycles. The zero-order chi connectivity index (χ0) is 14.9. The normalized spacial score (nSPS) is 24.9. The molecule has 3 heterocycles. The van der Waals surface area contributed by atoms with Crippen LogP contribution in [0.1, 0.15) is 48.6 Å². The third-order valence-corrected chi connectivity index (χ3v) is 5.04. The predicted octanol–water partition coefficient (Wildman–Crippen LogP) is 1.01. The van der Waals surface area contributed by atoms with Crippen LogP contribution in [0.25, 0.3) is 0 Å². The van der Waals surface area contributed by atoms with Crippen molar-refractivity contribution in [2.24, 2.45) is 0 Å². The number of hydrogen-bond donors (Lipinski definition) is 2. The van der Waals surface area contributed by atoms with E-state index in [0.717, 1.165) is 51.5 Å². The Hall–Kier alpha value is -0.890. The number of halogens is 2. The van der Waals surface area contributed by atoms with Gasteiger partial charge in [-0.25, -0.2) is 4.68 Å². The Morgan fingerprint density at radius 3 is 2.58 bits per heavy atom. The van der Waals surface area contributed by atoms with E-state index in [9.17, 15) is 4.79 Å². The fourth-order valence-corrected chi connectivity index (χ4v) is 3.57. The summed E-state index contributed by atoms with van der Waals surface area (Å²) in [5.41, 5.74) is 0.448. The number of carbonyl (C=O) groups is 1. The zero-order valence-corrected chi connectivity index (χ0v) is 15.3. The molecule has 4 rings (SSSR count). The summed E-state index contributed by atoms with van der Waals surface area (Å²) in [6.45, 7) is 4.10. The largest absolute Gasteiger partial charge is 0.347 e. The second-order valence-corrected chi connectivity index (χ2v) is 6.75. The number of hydrogen-bond acceptors (Lipinski definition) is 5. The SMILES string of the molecule is Cl.Cl.O=C(NC1CCN(C2CC2)C1)c1cn(C2CCNCC2)nn1. The number of piperidine rings is 1. The third kappa shape index (κ3) is 4.39. The highest BCUT2D eigenvalue weighted by Gasteiger charge is 2.35. The number of aromatic nitrogens is 3. The molecule has 9 heteroatoms. The van der Waals surface area contributed by atoms with E-state index in [1.165, 1.54) is 12.8 Å². The molecule has 2 saturated heterocycles. The average Bonchev–Trinajstić information content (AvgIpc) is 3.10. The van der Waals surface area contributed by atoms with Crippen molar-refractivity contribution in [1.82, 2.24) is 30.5 Å². The lowest BCUT2D eigenvalue weighted by atomic mass is 10.1. The Morgan fingerprint density at radius 1 is 1.12 bits per heavy atom. The summed E-state index contributed by atoms with van der Waals surface area (Å²) in [5.74, 6) is -0.0807. The number of amides is 1. The monoisotopic (exact) mass is 376 g/mol. The van der Waals surface area contributed by atoms with Gasteiger partial charge in [0.1, 0.15) is 0 Å². The molecule has 1 amide bonds. The van der Waals surface area contributed by atoms with Crippen molar-refractivity contribution in [2.45, 2.75) is 50.2 Å². The standard InChI is InChI=1S/C15H24N6O.2ClH/c22-15(17-11-5-8-20(9-11)12-1-2-12)14-10-21(19-18-14)13-3-6-16-7-4-13;;/h10-13,16H,1-9H2,(H,17,22);2*1H. The van der Waals surface area contributed by atoms with Gasteiger partial charge in [0.05, 0.1) is 12.2 Å². The Bertz CT molecular complexity index is 544. The second-order valence-electron chi connectivity index (χ2n) is 6.75. The van der Waals surface area contributed by atoms with Crippen LogP contribution in [0.3, 0.4) is 0 Å². The van der Waals surface area contributed by atoms with Gasteiger partial charge >= 0.3 is 0 Å². The van der Waals surface area contributed by atoms with Crippen molar-refractivity contribution in [3.05, 3.63) is 11.9 Å². The number of rotatable bonds is 4. The van der Waals surface area contributed by atoms with Crippen molar-refractivity contribution < 1.29 is 4.79 Å². The van der Waals surface area contributed by atoms with Gasteiger partial charge in [0.15, 0.2) is 5.69 Å². The van der Waals surface area contributed by atoms with Gasteiger partial charge in [-0.05, 0) is 45.2 Å². The third-order valence-electron chi connectivity index (χ3n) is 5.04. The summed E-state index contributed by atoms with van der Waals surface area (Å²) < 4.78 is 1.86. The second kappa shape index (κ2) is 8.47. The maximum absolute atomic E-state index is 12.3. The summed E-state index contributed by atoms with van der Waals surface area (Å²) in [6, 6.07) is 1.41. The minimum absolute atomic E-state index is 0. The lowest BCUT2D eigenvalue weighted by molar-refractivity contribution is 0.0932. The Kier molecular flexibility index (Phi) is 6.86. The zero-order valence-electron chi connectivity index (χ0n) is 13.7. The average molecular weight is 377 g/mol. The van der Waals surface area contributed by atoms with Crippen LogP contribution < -0.4 is 10.6 Å². The Balaban J connectivity index is 0.00000104. The highest BCUT2D eigenvalue weighted by molar-refractivity contribution is 5.92. The van der Waals surface area contributed by atoms with Gasteiger partial charge in [-0.1, -0.05) is 5.21 Å². The molecule has 2 aliphatic heterocycles. The number of nitrogens with one attached hydrogen (secondary N) is 2. The van der Waals surface area contributed by atoms with Crippen LogP contribution in [-0.2, 0) is 0 Å². The van der Waals surface area contributed by atoms with Gasteiger partial charge in [-0.15, -0.1) is 29.9 Å². The van der Waals surface area contributed by atoms with Crippen molar-refractivity contribution >= 4 is 30.7 Å². The van der Waals surface area contributed by atoms with E-state index in [2.05, 4.69) is 25.8 Å². The first-order valence-corrected chi connectivity index (χ1v) is 8.47. The van der Waals surface area contributed by atoms with Gasteiger partial charge in [0.25, 0.3) is 5.91 Å². The van der Waals surface area contributed by atoms with Crippen LogP contribution in [0.5, 0.6) is 0 Å². The maximum atomic E-state index is 12.3. The fourth-order valence-electron chi connectivity index (χ4n) is 3.57. The molecule has 3 fully saturated rings. The molecule has 1 aliphatic carbocycles. The lowest BCUT2D eigenvalue weighted by Gasteiger charge is -2.22. The molecule has 24 heavy (non-hydrogen) atoms. The van der Waals surface area contributed by atoms with Gasteiger partial charge in [-0.3, -0.25) is 9.69 Å². The molecule has 1 aromatic rings. The van der Waals surface area contributed by atoms with E-state index in [1.54, 1.807) is 6.20 Å². The molecule has 1 unspecified atom stereocenters. The summed E-state index contributed by atoms with van der Waals surface area (Å²) in [5, 5.41) is 14.7. The molecule has 2 N–H and O–H groups in total. The predicted molar refractivity (Wildman–Crippen MR) is 96.1 cm³/mol. The van der Waals surface area contributed by atoms with Crippen LogP contribution >= 0.6 is 24.8 Å². The first kappa shape index (κ1) is 19.4. The molecule has 0 aromatic carbocycles.